The number of hydrogen-bond donors (Lipinski definition) is 2. The topological polar surface area (TPSA) is 113 Å². The van der Waals surface area contributed by atoms with Crippen molar-refractivity contribution < 1.29 is 34.8 Å². The standard InChI is InChI=1S/C29H26F3N3O5S2/c1-20-11-12-21(2)27(17-20)35(42(39,40)26-9-4-3-5-10-26)19-28(36)33-23-13-15-25(16-14-23)41(37,38)34-24-8-6-7-22(18-24)29(30,31)32/h3-18,34H,19H2,1-2H3,(H,33,36). The van der Waals surface area contributed by atoms with Gasteiger partial charge in [-0.25, -0.2) is 16.8 Å². The second-order valence-corrected chi connectivity index (χ2v) is 12.9. The number of halogens is 3. The molecule has 0 heterocycles. The van der Waals surface area contributed by atoms with Crippen LogP contribution < -0.4 is 14.3 Å². The van der Waals surface area contributed by atoms with Crippen LogP contribution in [0.4, 0.5) is 30.2 Å². The van der Waals surface area contributed by atoms with E-state index in [-0.39, 0.29) is 21.2 Å². The minimum Gasteiger partial charge on any atom is -0.325 e. The molecule has 4 aromatic rings. The van der Waals surface area contributed by atoms with Crippen molar-refractivity contribution in [1.82, 2.24) is 0 Å². The molecule has 0 atom stereocenters. The van der Waals surface area contributed by atoms with Crippen LogP contribution in [0.1, 0.15) is 16.7 Å². The molecule has 0 radical (unpaired) electrons. The van der Waals surface area contributed by atoms with Crippen LogP contribution in [0.3, 0.4) is 0 Å². The fraction of sp³-hybridized carbons (Fsp3) is 0.138. The molecular weight excluding hydrogens is 591 g/mol. The first-order valence-corrected chi connectivity index (χ1v) is 15.3. The largest absolute Gasteiger partial charge is 0.416 e. The van der Waals surface area contributed by atoms with Crippen molar-refractivity contribution in [2.75, 3.05) is 20.9 Å². The molecule has 0 aliphatic carbocycles. The Kier molecular flexibility index (Phi) is 8.64. The summed E-state index contributed by atoms with van der Waals surface area (Å²) in [5.41, 5.74) is 0.654. The monoisotopic (exact) mass is 617 g/mol. The van der Waals surface area contributed by atoms with Gasteiger partial charge in [-0.1, -0.05) is 36.4 Å². The zero-order valence-corrected chi connectivity index (χ0v) is 24.0. The van der Waals surface area contributed by atoms with Gasteiger partial charge in [0.15, 0.2) is 0 Å². The van der Waals surface area contributed by atoms with Crippen molar-refractivity contribution in [1.29, 1.82) is 0 Å². The summed E-state index contributed by atoms with van der Waals surface area (Å²) in [4.78, 5) is 12.8. The number of alkyl halides is 3. The third kappa shape index (κ3) is 7.09. The van der Waals surface area contributed by atoms with Crippen LogP contribution in [0.15, 0.2) is 107 Å². The van der Waals surface area contributed by atoms with Gasteiger partial charge in [-0.2, -0.15) is 13.2 Å². The second-order valence-electron chi connectivity index (χ2n) is 9.37. The van der Waals surface area contributed by atoms with E-state index in [1.165, 1.54) is 30.3 Å². The maximum Gasteiger partial charge on any atom is 0.416 e. The number of anilines is 3. The molecule has 2 N–H and O–H groups in total. The first-order valence-electron chi connectivity index (χ1n) is 12.4. The van der Waals surface area contributed by atoms with E-state index in [9.17, 15) is 34.8 Å². The van der Waals surface area contributed by atoms with Crippen LogP contribution in [0.2, 0.25) is 0 Å². The number of carbonyl (C=O) groups is 1. The number of rotatable bonds is 9. The highest BCUT2D eigenvalue weighted by atomic mass is 32.2. The number of amides is 1. The van der Waals surface area contributed by atoms with Gasteiger partial charge in [0.05, 0.1) is 21.0 Å². The average Bonchev–Trinajstić information content (AvgIpc) is 2.93. The van der Waals surface area contributed by atoms with Crippen LogP contribution in [-0.4, -0.2) is 29.3 Å². The SMILES string of the molecule is Cc1ccc(C)c(N(CC(=O)Nc2ccc(S(=O)(=O)Nc3cccc(C(F)(F)F)c3)cc2)S(=O)(=O)c2ccccc2)c1. The number of aryl methyl sites for hydroxylation is 2. The van der Waals surface area contributed by atoms with E-state index < -0.39 is 44.2 Å². The van der Waals surface area contributed by atoms with E-state index >= 15 is 0 Å². The Morgan fingerprint density at radius 3 is 2.07 bits per heavy atom. The van der Waals surface area contributed by atoms with Crippen molar-refractivity contribution >= 4 is 43.0 Å². The van der Waals surface area contributed by atoms with Gasteiger partial charge in [0.25, 0.3) is 20.0 Å². The summed E-state index contributed by atoms with van der Waals surface area (Å²) in [5.74, 6) is -0.687. The zero-order chi connectivity index (χ0) is 30.7. The van der Waals surface area contributed by atoms with E-state index in [1.54, 1.807) is 44.2 Å². The maximum atomic E-state index is 13.6. The third-order valence-electron chi connectivity index (χ3n) is 6.14. The predicted octanol–water partition coefficient (Wildman–Crippen LogP) is 5.96. The molecule has 0 aliphatic heterocycles. The summed E-state index contributed by atoms with van der Waals surface area (Å²) in [6, 6.07) is 21.6. The number of carbonyl (C=O) groups excluding carboxylic acids is 1. The molecule has 0 saturated heterocycles. The molecule has 0 unspecified atom stereocenters. The Labute approximate surface area is 241 Å². The van der Waals surface area contributed by atoms with Gasteiger partial charge in [-0.3, -0.25) is 13.8 Å². The lowest BCUT2D eigenvalue weighted by Crippen LogP contribution is -2.38. The van der Waals surface area contributed by atoms with E-state index in [2.05, 4.69) is 10.0 Å². The second kappa shape index (κ2) is 11.9. The van der Waals surface area contributed by atoms with Crippen molar-refractivity contribution in [3.05, 3.63) is 114 Å². The first kappa shape index (κ1) is 30.6. The minimum absolute atomic E-state index is 0.00142. The lowest BCUT2D eigenvalue weighted by molar-refractivity contribution is -0.137. The molecule has 0 spiro atoms. The van der Waals surface area contributed by atoms with Gasteiger partial charge in [-0.05, 0) is 85.6 Å². The normalized spacial score (nSPS) is 12.0. The highest BCUT2D eigenvalue weighted by Gasteiger charge is 2.31. The molecule has 0 bridgehead atoms. The number of hydrogen-bond acceptors (Lipinski definition) is 5. The molecule has 0 aliphatic rings. The first-order chi connectivity index (χ1) is 19.7. The van der Waals surface area contributed by atoms with E-state index in [4.69, 9.17) is 0 Å². The summed E-state index contributed by atoms with van der Waals surface area (Å²) in [5, 5.41) is 2.57. The summed E-state index contributed by atoms with van der Waals surface area (Å²) < 4.78 is 94.7. The van der Waals surface area contributed by atoms with Crippen LogP contribution in [-0.2, 0) is 31.0 Å². The van der Waals surface area contributed by atoms with Gasteiger partial charge in [0.1, 0.15) is 6.54 Å². The molecule has 13 heteroatoms. The Morgan fingerprint density at radius 2 is 1.43 bits per heavy atom. The van der Waals surface area contributed by atoms with E-state index in [1.807, 2.05) is 6.07 Å². The van der Waals surface area contributed by atoms with Crippen molar-refractivity contribution in [2.45, 2.75) is 29.8 Å². The van der Waals surface area contributed by atoms with Crippen LogP contribution >= 0.6 is 0 Å². The van der Waals surface area contributed by atoms with E-state index in [0.29, 0.717) is 17.3 Å². The van der Waals surface area contributed by atoms with E-state index in [0.717, 1.165) is 34.1 Å². The summed E-state index contributed by atoms with van der Waals surface area (Å²) in [6.07, 6.45) is -4.64. The van der Waals surface area contributed by atoms with Gasteiger partial charge in [0, 0.05) is 11.4 Å². The third-order valence-corrected chi connectivity index (χ3v) is 9.31. The molecule has 4 rings (SSSR count). The fourth-order valence-corrected chi connectivity index (χ4v) is 6.58. The fourth-order valence-electron chi connectivity index (χ4n) is 4.03. The number of nitrogens with zero attached hydrogens (tertiary/aromatic N) is 1. The average molecular weight is 618 g/mol. The van der Waals surface area contributed by atoms with Gasteiger partial charge < -0.3 is 5.32 Å². The Bertz CT molecular complexity index is 1810. The molecule has 0 aromatic heterocycles. The summed E-state index contributed by atoms with van der Waals surface area (Å²) in [7, 11) is -8.39. The summed E-state index contributed by atoms with van der Waals surface area (Å²) in [6.45, 7) is 2.96. The molecule has 1 amide bonds. The quantitative estimate of drug-likeness (QED) is 0.241. The lowest BCUT2D eigenvalue weighted by atomic mass is 10.1. The molecular formula is C29H26F3N3O5S2. The number of sulfonamides is 2. The Morgan fingerprint density at radius 1 is 0.762 bits per heavy atom. The molecule has 4 aromatic carbocycles. The summed E-state index contributed by atoms with van der Waals surface area (Å²) >= 11 is 0. The maximum absolute atomic E-state index is 13.6. The van der Waals surface area contributed by atoms with Crippen molar-refractivity contribution in [3.8, 4) is 0 Å². The molecule has 0 fully saturated rings. The predicted molar refractivity (Wildman–Crippen MR) is 154 cm³/mol. The Hall–Kier alpha value is -4.36. The highest BCUT2D eigenvalue weighted by Crippen LogP contribution is 2.31. The Balaban J connectivity index is 1.54. The van der Waals surface area contributed by atoms with Crippen LogP contribution in [0.5, 0.6) is 0 Å². The number of benzene rings is 4. The molecule has 42 heavy (non-hydrogen) atoms. The van der Waals surface area contributed by atoms with Crippen LogP contribution in [0.25, 0.3) is 0 Å². The number of nitrogens with one attached hydrogen (secondary N) is 2. The van der Waals surface area contributed by atoms with Crippen LogP contribution in [0, 0.1) is 13.8 Å². The van der Waals surface area contributed by atoms with Crippen molar-refractivity contribution in [3.63, 3.8) is 0 Å². The van der Waals surface area contributed by atoms with Gasteiger partial charge in [0.2, 0.25) is 5.91 Å². The lowest BCUT2D eigenvalue weighted by Gasteiger charge is -2.26. The minimum atomic E-state index is -4.64. The molecule has 220 valence electrons. The van der Waals surface area contributed by atoms with Gasteiger partial charge >= 0.3 is 6.18 Å². The van der Waals surface area contributed by atoms with Gasteiger partial charge in [-0.15, -0.1) is 0 Å². The molecule has 8 nitrogen and oxygen atoms in total. The molecule has 0 saturated carbocycles. The zero-order valence-electron chi connectivity index (χ0n) is 22.4. The highest BCUT2D eigenvalue weighted by molar-refractivity contribution is 7.93. The smallest absolute Gasteiger partial charge is 0.325 e. The van der Waals surface area contributed by atoms with Crippen molar-refractivity contribution in [2.24, 2.45) is 0 Å².